The van der Waals surface area contributed by atoms with E-state index in [9.17, 15) is 4.79 Å². The Labute approximate surface area is 96.2 Å². The molecule has 1 aromatic carbocycles. The fourth-order valence-corrected chi connectivity index (χ4v) is 2.09. The molecule has 0 fully saturated rings. The molecule has 3 nitrogen and oxygen atoms in total. The van der Waals surface area contributed by atoms with Crippen molar-refractivity contribution in [3.63, 3.8) is 0 Å². The average molecular weight is 269 g/mol. The standard InChI is InChI=1S/C11H13BrN2O/c1-11(2,3)14-9-6-7(12)4-5-8(9)13-10(14)15/h4-6H,1-3H3,(H,13,15). The van der Waals surface area contributed by atoms with Crippen molar-refractivity contribution >= 4 is 27.0 Å². The normalized spacial score (nSPS) is 12.3. The molecule has 2 rings (SSSR count). The molecule has 0 amide bonds. The van der Waals surface area contributed by atoms with Gasteiger partial charge >= 0.3 is 5.69 Å². The average Bonchev–Trinajstić information content (AvgIpc) is 2.38. The second-order valence-electron chi connectivity index (χ2n) is 4.60. The zero-order valence-corrected chi connectivity index (χ0v) is 10.6. The van der Waals surface area contributed by atoms with Crippen molar-refractivity contribution < 1.29 is 0 Å². The third-order valence-corrected chi connectivity index (χ3v) is 2.81. The number of imidazole rings is 1. The van der Waals surface area contributed by atoms with Gasteiger partial charge in [-0.2, -0.15) is 0 Å². The van der Waals surface area contributed by atoms with Crippen LogP contribution in [0, 0.1) is 0 Å². The topological polar surface area (TPSA) is 37.8 Å². The maximum Gasteiger partial charge on any atom is 0.326 e. The predicted octanol–water partition coefficient (Wildman–Crippen LogP) is 2.85. The number of aromatic nitrogens is 2. The first-order valence-electron chi connectivity index (χ1n) is 4.80. The van der Waals surface area contributed by atoms with E-state index in [1.54, 1.807) is 4.57 Å². The van der Waals surface area contributed by atoms with Gasteiger partial charge in [0.1, 0.15) is 0 Å². The van der Waals surface area contributed by atoms with Gasteiger partial charge < -0.3 is 4.98 Å². The third kappa shape index (κ3) is 1.74. The van der Waals surface area contributed by atoms with Crippen molar-refractivity contribution in [1.29, 1.82) is 0 Å². The lowest BCUT2D eigenvalue weighted by Crippen LogP contribution is -2.31. The molecule has 0 unspecified atom stereocenters. The SMILES string of the molecule is CC(C)(C)n1c(=O)[nH]c2ccc(Br)cc21. The summed E-state index contributed by atoms with van der Waals surface area (Å²) in [4.78, 5) is 14.6. The van der Waals surface area contributed by atoms with Crippen LogP contribution >= 0.6 is 15.9 Å². The number of halogens is 1. The maximum atomic E-state index is 11.8. The Hall–Kier alpha value is -1.03. The number of hydrogen-bond acceptors (Lipinski definition) is 1. The molecular weight excluding hydrogens is 256 g/mol. The number of fused-ring (bicyclic) bond motifs is 1. The molecule has 0 aliphatic heterocycles. The summed E-state index contributed by atoms with van der Waals surface area (Å²) in [5, 5.41) is 0. The van der Waals surface area contributed by atoms with E-state index in [0.29, 0.717) is 0 Å². The van der Waals surface area contributed by atoms with E-state index in [4.69, 9.17) is 0 Å². The molecule has 0 bridgehead atoms. The van der Waals surface area contributed by atoms with Crippen LogP contribution in [-0.2, 0) is 5.54 Å². The van der Waals surface area contributed by atoms with Crippen molar-refractivity contribution in [1.82, 2.24) is 9.55 Å². The quantitative estimate of drug-likeness (QED) is 0.784. The molecule has 15 heavy (non-hydrogen) atoms. The highest BCUT2D eigenvalue weighted by atomic mass is 79.9. The van der Waals surface area contributed by atoms with Gasteiger partial charge in [0, 0.05) is 10.0 Å². The highest BCUT2D eigenvalue weighted by Crippen LogP contribution is 2.22. The molecule has 0 spiro atoms. The summed E-state index contributed by atoms with van der Waals surface area (Å²) in [5.74, 6) is 0. The zero-order valence-electron chi connectivity index (χ0n) is 8.97. The van der Waals surface area contributed by atoms with Crippen molar-refractivity contribution in [2.24, 2.45) is 0 Å². The molecule has 0 aliphatic rings. The highest BCUT2D eigenvalue weighted by Gasteiger charge is 2.19. The van der Waals surface area contributed by atoms with E-state index in [2.05, 4.69) is 20.9 Å². The van der Waals surface area contributed by atoms with E-state index in [0.717, 1.165) is 15.5 Å². The van der Waals surface area contributed by atoms with Crippen LogP contribution in [0.4, 0.5) is 0 Å². The van der Waals surface area contributed by atoms with E-state index < -0.39 is 0 Å². The van der Waals surface area contributed by atoms with E-state index >= 15 is 0 Å². The molecule has 0 saturated carbocycles. The fourth-order valence-electron chi connectivity index (χ4n) is 1.74. The Morgan fingerprint density at radius 1 is 1.33 bits per heavy atom. The number of benzene rings is 1. The van der Waals surface area contributed by atoms with Gasteiger partial charge in [-0.25, -0.2) is 4.79 Å². The molecule has 0 radical (unpaired) electrons. The second-order valence-corrected chi connectivity index (χ2v) is 5.51. The van der Waals surface area contributed by atoms with Crippen molar-refractivity contribution in [3.8, 4) is 0 Å². The molecular formula is C11H13BrN2O. The lowest BCUT2D eigenvalue weighted by Gasteiger charge is -2.20. The summed E-state index contributed by atoms with van der Waals surface area (Å²) in [6.45, 7) is 6.05. The van der Waals surface area contributed by atoms with Crippen LogP contribution in [0.3, 0.4) is 0 Å². The van der Waals surface area contributed by atoms with Crippen LogP contribution in [0.2, 0.25) is 0 Å². The summed E-state index contributed by atoms with van der Waals surface area (Å²) < 4.78 is 2.75. The van der Waals surface area contributed by atoms with Crippen molar-refractivity contribution in [2.45, 2.75) is 26.3 Å². The van der Waals surface area contributed by atoms with Crippen LogP contribution in [-0.4, -0.2) is 9.55 Å². The Bertz CT molecular complexity index is 560. The third-order valence-electron chi connectivity index (χ3n) is 2.32. The minimum absolute atomic E-state index is 0.0596. The monoisotopic (exact) mass is 268 g/mol. The largest absolute Gasteiger partial charge is 0.326 e. The molecule has 0 saturated heterocycles. The van der Waals surface area contributed by atoms with Crippen molar-refractivity contribution in [3.05, 3.63) is 33.2 Å². The molecule has 80 valence electrons. The van der Waals surface area contributed by atoms with Gasteiger partial charge in [-0.15, -0.1) is 0 Å². The van der Waals surface area contributed by atoms with Gasteiger partial charge in [-0.3, -0.25) is 4.57 Å². The lowest BCUT2D eigenvalue weighted by atomic mass is 10.1. The summed E-state index contributed by atoms with van der Waals surface area (Å²) in [6.07, 6.45) is 0. The first-order chi connectivity index (χ1) is 6.89. The Morgan fingerprint density at radius 2 is 2.00 bits per heavy atom. The second kappa shape index (κ2) is 3.23. The highest BCUT2D eigenvalue weighted by molar-refractivity contribution is 9.10. The van der Waals surface area contributed by atoms with Crippen molar-refractivity contribution in [2.75, 3.05) is 0 Å². The van der Waals surface area contributed by atoms with E-state index in [1.165, 1.54) is 0 Å². The van der Waals surface area contributed by atoms with Crippen LogP contribution in [0.5, 0.6) is 0 Å². The van der Waals surface area contributed by atoms with E-state index in [-0.39, 0.29) is 11.2 Å². The smallest absolute Gasteiger partial charge is 0.306 e. The molecule has 4 heteroatoms. The minimum Gasteiger partial charge on any atom is -0.306 e. The number of nitrogens with zero attached hydrogens (tertiary/aromatic N) is 1. The summed E-state index contributed by atoms with van der Waals surface area (Å²) >= 11 is 3.41. The lowest BCUT2D eigenvalue weighted by molar-refractivity contribution is 0.397. The number of nitrogens with one attached hydrogen (secondary N) is 1. The van der Waals surface area contributed by atoms with Gasteiger partial charge in [-0.05, 0) is 39.0 Å². The first kappa shape index (κ1) is 10.5. The van der Waals surface area contributed by atoms with Gasteiger partial charge in [0.15, 0.2) is 0 Å². The molecule has 1 N–H and O–H groups in total. The van der Waals surface area contributed by atoms with Gasteiger partial charge in [0.05, 0.1) is 11.0 Å². The number of aromatic amines is 1. The van der Waals surface area contributed by atoms with Crippen LogP contribution in [0.1, 0.15) is 20.8 Å². The molecule has 2 aromatic rings. The molecule has 0 aliphatic carbocycles. The maximum absolute atomic E-state index is 11.8. The first-order valence-corrected chi connectivity index (χ1v) is 5.59. The Balaban J connectivity index is 2.89. The zero-order chi connectivity index (χ0) is 11.2. The van der Waals surface area contributed by atoms with Crippen LogP contribution in [0.15, 0.2) is 27.5 Å². The van der Waals surface area contributed by atoms with Crippen LogP contribution in [0.25, 0.3) is 11.0 Å². The number of hydrogen-bond donors (Lipinski definition) is 1. The Kier molecular flexibility index (Phi) is 2.26. The summed E-state index contributed by atoms with van der Waals surface area (Å²) in [6, 6.07) is 5.78. The molecule has 1 aromatic heterocycles. The van der Waals surface area contributed by atoms with Crippen LogP contribution < -0.4 is 5.69 Å². The fraction of sp³-hybridized carbons (Fsp3) is 0.364. The van der Waals surface area contributed by atoms with Gasteiger partial charge in [-0.1, -0.05) is 15.9 Å². The predicted molar refractivity (Wildman–Crippen MR) is 65.3 cm³/mol. The summed E-state index contributed by atoms with van der Waals surface area (Å²) in [7, 11) is 0. The van der Waals surface area contributed by atoms with Gasteiger partial charge in [0.25, 0.3) is 0 Å². The molecule has 0 atom stereocenters. The summed E-state index contributed by atoms with van der Waals surface area (Å²) in [5.41, 5.74) is 1.53. The molecule has 1 heterocycles. The number of rotatable bonds is 0. The Morgan fingerprint density at radius 3 is 2.60 bits per heavy atom. The number of H-pyrrole nitrogens is 1. The minimum atomic E-state index is -0.212. The van der Waals surface area contributed by atoms with Gasteiger partial charge in [0.2, 0.25) is 0 Å². The van der Waals surface area contributed by atoms with E-state index in [1.807, 2.05) is 39.0 Å².